The van der Waals surface area contributed by atoms with Crippen molar-refractivity contribution in [2.45, 2.75) is 19.3 Å². The van der Waals surface area contributed by atoms with Gasteiger partial charge in [-0.1, -0.05) is 36.4 Å². The second-order valence-corrected chi connectivity index (χ2v) is 7.17. The molecule has 28 heavy (non-hydrogen) atoms. The number of hydrogen-bond donors (Lipinski definition) is 1. The number of amides is 1. The van der Waals surface area contributed by atoms with Gasteiger partial charge in [-0.3, -0.25) is 9.78 Å². The third-order valence-corrected chi connectivity index (χ3v) is 5.11. The van der Waals surface area contributed by atoms with Gasteiger partial charge in [-0.05, 0) is 42.2 Å². The van der Waals surface area contributed by atoms with E-state index >= 15 is 0 Å². The van der Waals surface area contributed by atoms with Crippen LogP contribution in [0.4, 0.5) is 5.69 Å². The molecule has 1 aliphatic carbocycles. The minimum atomic E-state index is 0.0823. The van der Waals surface area contributed by atoms with Gasteiger partial charge >= 0.3 is 0 Å². The normalized spacial score (nSPS) is 14.7. The number of aromatic nitrogens is 1. The van der Waals surface area contributed by atoms with Crippen LogP contribution in [0.25, 0.3) is 11.1 Å². The number of pyridine rings is 1. The van der Waals surface area contributed by atoms with Crippen molar-refractivity contribution in [3.63, 3.8) is 0 Å². The molecule has 5 heteroatoms. The zero-order valence-electron chi connectivity index (χ0n) is 15.4. The first kappa shape index (κ1) is 16.8. The van der Waals surface area contributed by atoms with Crippen LogP contribution in [0, 0.1) is 5.92 Å². The third-order valence-electron chi connectivity index (χ3n) is 5.11. The molecule has 1 aliphatic heterocycles. The predicted molar refractivity (Wildman–Crippen MR) is 106 cm³/mol. The monoisotopic (exact) mass is 372 g/mol. The average Bonchev–Trinajstić information content (AvgIpc) is 3.47. The number of ether oxygens (including phenoxy) is 2. The Labute approximate surface area is 163 Å². The van der Waals surface area contributed by atoms with Crippen LogP contribution in [0.5, 0.6) is 11.5 Å². The number of benzene rings is 2. The van der Waals surface area contributed by atoms with E-state index in [0.717, 1.165) is 41.1 Å². The first-order chi connectivity index (χ1) is 13.8. The molecule has 1 saturated carbocycles. The van der Waals surface area contributed by atoms with Crippen molar-refractivity contribution in [2.24, 2.45) is 5.92 Å². The summed E-state index contributed by atoms with van der Waals surface area (Å²) >= 11 is 0. The van der Waals surface area contributed by atoms with Crippen LogP contribution in [0.3, 0.4) is 0 Å². The largest absolute Gasteiger partial charge is 0.454 e. The molecule has 0 radical (unpaired) electrons. The summed E-state index contributed by atoms with van der Waals surface area (Å²) in [6, 6.07) is 17.9. The fourth-order valence-electron chi connectivity index (χ4n) is 3.49. The van der Waals surface area contributed by atoms with Crippen LogP contribution < -0.4 is 14.8 Å². The molecule has 1 N–H and O–H groups in total. The summed E-state index contributed by atoms with van der Waals surface area (Å²) in [6.07, 6.45) is 4.37. The van der Waals surface area contributed by atoms with Gasteiger partial charge in [0, 0.05) is 24.1 Å². The minimum absolute atomic E-state index is 0.0823. The number of nitrogens with one attached hydrogen (secondary N) is 1. The first-order valence-electron chi connectivity index (χ1n) is 9.50. The highest BCUT2D eigenvalue weighted by Gasteiger charge is 2.30. The van der Waals surface area contributed by atoms with Gasteiger partial charge in [0.15, 0.2) is 11.5 Å². The molecule has 1 fully saturated rings. The van der Waals surface area contributed by atoms with Crippen molar-refractivity contribution < 1.29 is 14.3 Å². The van der Waals surface area contributed by atoms with Crippen LogP contribution in [0.15, 0.2) is 60.8 Å². The Morgan fingerprint density at radius 3 is 2.68 bits per heavy atom. The average molecular weight is 372 g/mol. The number of nitrogens with zero attached hydrogens (tertiary/aromatic N) is 1. The quantitative estimate of drug-likeness (QED) is 0.720. The Morgan fingerprint density at radius 1 is 1.04 bits per heavy atom. The van der Waals surface area contributed by atoms with Gasteiger partial charge in [0.1, 0.15) is 0 Å². The lowest BCUT2D eigenvalue weighted by atomic mass is 9.97. The molecular weight excluding hydrogens is 352 g/mol. The smallest absolute Gasteiger partial charge is 0.231 e. The number of anilines is 1. The maximum absolute atomic E-state index is 12.4. The SMILES string of the molecule is O=C(Nc1ccnc(Cc2ccccc2)c1-c1ccc2c(c1)OCO2)C1CC1. The number of hydrogen-bond acceptors (Lipinski definition) is 4. The Hall–Kier alpha value is -3.34. The number of fused-ring (bicyclic) bond motifs is 1. The highest BCUT2D eigenvalue weighted by molar-refractivity contribution is 5.98. The van der Waals surface area contributed by atoms with Crippen LogP contribution in [-0.4, -0.2) is 17.7 Å². The Bertz CT molecular complexity index is 1030. The second-order valence-electron chi connectivity index (χ2n) is 7.17. The van der Waals surface area contributed by atoms with E-state index in [2.05, 4.69) is 22.4 Å². The molecule has 1 aromatic heterocycles. The fraction of sp³-hybridized carbons (Fsp3) is 0.217. The van der Waals surface area contributed by atoms with Gasteiger partial charge in [0.25, 0.3) is 0 Å². The summed E-state index contributed by atoms with van der Waals surface area (Å²) in [6.45, 7) is 0.230. The lowest BCUT2D eigenvalue weighted by molar-refractivity contribution is -0.117. The molecule has 0 spiro atoms. The van der Waals surface area contributed by atoms with E-state index in [9.17, 15) is 4.79 Å². The lowest BCUT2D eigenvalue weighted by Gasteiger charge is -2.16. The van der Waals surface area contributed by atoms with Crippen LogP contribution in [-0.2, 0) is 11.2 Å². The number of carbonyl (C=O) groups excluding carboxylic acids is 1. The van der Waals surface area contributed by atoms with Gasteiger partial charge < -0.3 is 14.8 Å². The highest BCUT2D eigenvalue weighted by atomic mass is 16.7. The molecule has 140 valence electrons. The molecule has 1 amide bonds. The molecule has 5 rings (SSSR count). The maximum atomic E-state index is 12.4. The van der Waals surface area contributed by atoms with Crippen molar-refractivity contribution >= 4 is 11.6 Å². The lowest BCUT2D eigenvalue weighted by Crippen LogP contribution is -2.15. The van der Waals surface area contributed by atoms with Gasteiger partial charge in [-0.25, -0.2) is 0 Å². The molecule has 0 bridgehead atoms. The van der Waals surface area contributed by atoms with Gasteiger partial charge in [-0.2, -0.15) is 0 Å². The Kier molecular flexibility index (Phi) is 4.20. The van der Waals surface area contributed by atoms with Crippen molar-refractivity contribution in [3.05, 3.63) is 72.1 Å². The Morgan fingerprint density at radius 2 is 1.86 bits per heavy atom. The minimum Gasteiger partial charge on any atom is -0.454 e. The van der Waals surface area contributed by atoms with E-state index in [1.165, 1.54) is 5.56 Å². The van der Waals surface area contributed by atoms with E-state index in [4.69, 9.17) is 9.47 Å². The molecule has 0 atom stereocenters. The molecule has 0 unspecified atom stereocenters. The fourth-order valence-corrected chi connectivity index (χ4v) is 3.49. The summed E-state index contributed by atoms with van der Waals surface area (Å²) in [5, 5.41) is 3.11. The number of carbonyl (C=O) groups is 1. The summed E-state index contributed by atoms with van der Waals surface area (Å²) in [4.78, 5) is 17.1. The predicted octanol–water partition coefficient (Wildman–Crippen LogP) is 4.42. The third kappa shape index (κ3) is 3.31. The van der Waals surface area contributed by atoms with Gasteiger partial charge in [0.2, 0.25) is 12.7 Å². The van der Waals surface area contributed by atoms with Crippen molar-refractivity contribution in [3.8, 4) is 22.6 Å². The maximum Gasteiger partial charge on any atom is 0.231 e. The molecule has 0 saturated heterocycles. The van der Waals surface area contributed by atoms with Gasteiger partial charge in [-0.15, -0.1) is 0 Å². The number of rotatable bonds is 5. The summed E-state index contributed by atoms with van der Waals surface area (Å²) in [5.74, 6) is 1.67. The van der Waals surface area contributed by atoms with E-state index in [1.54, 1.807) is 6.20 Å². The summed E-state index contributed by atoms with van der Waals surface area (Å²) < 4.78 is 11.0. The zero-order valence-corrected chi connectivity index (χ0v) is 15.4. The Balaban J connectivity index is 1.59. The molecule has 2 aromatic carbocycles. The van der Waals surface area contributed by atoms with Gasteiger partial charge in [0.05, 0.1) is 11.4 Å². The molecule has 5 nitrogen and oxygen atoms in total. The molecular formula is C23H20N2O3. The molecule has 3 aromatic rings. The molecule has 2 aliphatic rings. The first-order valence-corrected chi connectivity index (χ1v) is 9.50. The van der Waals surface area contributed by atoms with Crippen molar-refractivity contribution in [1.82, 2.24) is 4.98 Å². The van der Waals surface area contributed by atoms with E-state index in [1.807, 2.05) is 42.5 Å². The van der Waals surface area contributed by atoms with Crippen LogP contribution in [0.1, 0.15) is 24.1 Å². The van der Waals surface area contributed by atoms with Crippen LogP contribution >= 0.6 is 0 Å². The topological polar surface area (TPSA) is 60.5 Å². The van der Waals surface area contributed by atoms with Crippen molar-refractivity contribution in [1.29, 1.82) is 0 Å². The summed E-state index contributed by atoms with van der Waals surface area (Å²) in [7, 11) is 0. The van der Waals surface area contributed by atoms with Crippen molar-refractivity contribution in [2.75, 3.05) is 12.1 Å². The van der Waals surface area contributed by atoms with E-state index in [-0.39, 0.29) is 18.6 Å². The standard InChI is InChI=1S/C23H20N2O3/c26-23(16-6-7-16)25-18-10-11-24-19(12-15-4-2-1-3-5-15)22(18)17-8-9-20-21(13-17)28-14-27-20/h1-5,8-11,13,16H,6-7,12,14H2,(H,24,25,26). The second kappa shape index (κ2) is 7.00. The summed E-state index contributed by atoms with van der Waals surface area (Å²) in [5.41, 5.74) is 4.76. The van der Waals surface area contributed by atoms with Crippen LogP contribution in [0.2, 0.25) is 0 Å². The highest BCUT2D eigenvalue weighted by Crippen LogP contribution is 2.40. The van der Waals surface area contributed by atoms with E-state index in [0.29, 0.717) is 12.2 Å². The zero-order chi connectivity index (χ0) is 18.9. The molecule has 2 heterocycles. The van der Waals surface area contributed by atoms with E-state index < -0.39 is 0 Å².